The highest BCUT2D eigenvalue weighted by Crippen LogP contribution is 2.46. The average molecular weight is 975 g/mol. The van der Waals surface area contributed by atoms with E-state index in [1.54, 1.807) is 70.5 Å². The lowest BCUT2D eigenvalue weighted by Gasteiger charge is -2.52. The highest BCUT2D eigenvalue weighted by Gasteiger charge is 2.56. The van der Waals surface area contributed by atoms with Crippen LogP contribution in [0, 0.1) is 29.6 Å². The van der Waals surface area contributed by atoms with Gasteiger partial charge in [-0.15, -0.1) is 5.10 Å². The van der Waals surface area contributed by atoms with Crippen molar-refractivity contribution in [2.75, 3.05) is 34.4 Å². The van der Waals surface area contributed by atoms with Gasteiger partial charge < -0.3 is 58.5 Å². The fourth-order valence-corrected chi connectivity index (χ4v) is 11.1. The minimum absolute atomic E-state index is 0.0389. The lowest BCUT2D eigenvalue weighted by molar-refractivity contribution is -0.305. The highest BCUT2D eigenvalue weighted by atomic mass is 16.7. The van der Waals surface area contributed by atoms with Crippen LogP contribution in [0.4, 0.5) is 0 Å². The van der Waals surface area contributed by atoms with E-state index in [0.29, 0.717) is 43.9 Å². The van der Waals surface area contributed by atoms with Crippen LogP contribution >= 0.6 is 0 Å². The number of cyclic esters (lactones) is 1. The summed E-state index contributed by atoms with van der Waals surface area (Å²) in [5.74, 6) is -4.51. The van der Waals surface area contributed by atoms with Gasteiger partial charge in [0.25, 0.3) is 0 Å². The third-order valence-corrected chi connectivity index (χ3v) is 15.7. The van der Waals surface area contributed by atoms with Crippen molar-refractivity contribution in [3.63, 3.8) is 0 Å². The Morgan fingerprint density at radius 2 is 1.64 bits per heavy atom. The topological polar surface area (TPSA) is 231 Å². The van der Waals surface area contributed by atoms with Gasteiger partial charge in [0.1, 0.15) is 42.1 Å². The fourth-order valence-electron chi connectivity index (χ4n) is 11.1. The number of hydrogen-bond donors (Lipinski definition) is 4. The van der Waals surface area contributed by atoms with Crippen molar-refractivity contribution in [3.05, 3.63) is 41.7 Å². The monoisotopic (exact) mass is 975 g/mol. The summed E-state index contributed by atoms with van der Waals surface area (Å²) in [4.78, 5) is 42.7. The van der Waals surface area contributed by atoms with E-state index in [1.165, 1.54) is 28.1 Å². The molecule has 4 heterocycles. The molecule has 0 radical (unpaired) electrons. The van der Waals surface area contributed by atoms with E-state index in [9.17, 15) is 34.8 Å². The van der Waals surface area contributed by atoms with Crippen molar-refractivity contribution in [1.29, 1.82) is 0 Å². The second-order valence-corrected chi connectivity index (χ2v) is 20.9. The molecule has 0 bridgehead atoms. The predicted molar refractivity (Wildman–Crippen MR) is 254 cm³/mol. The van der Waals surface area contributed by atoms with E-state index in [2.05, 4.69) is 15.2 Å². The van der Waals surface area contributed by atoms with Crippen LogP contribution in [-0.2, 0) is 51.0 Å². The van der Waals surface area contributed by atoms with Crippen LogP contribution in [-0.4, -0.2) is 170 Å². The van der Waals surface area contributed by atoms with Gasteiger partial charge in [0.15, 0.2) is 12.1 Å². The van der Waals surface area contributed by atoms with Crippen LogP contribution < -0.4 is 4.74 Å². The number of nitrogens with zero attached hydrogens (tertiary/aromatic N) is 4. The molecule has 2 aromatic rings. The lowest BCUT2D eigenvalue weighted by atomic mass is 9.67. The first-order chi connectivity index (χ1) is 32.3. The molecule has 3 saturated heterocycles. The molecule has 5 rings (SSSR count). The number of rotatable bonds is 15. The van der Waals surface area contributed by atoms with Crippen LogP contribution in [0.2, 0.25) is 0 Å². The summed E-state index contributed by atoms with van der Waals surface area (Å²) in [6.07, 6.45) is -5.55. The fraction of sp³-hybridized carbons (Fsp3) is 0.784. The van der Waals surface area contributed by atoms with Gasteiger partial charge >= 0.3 is 5.97 Å². The molecule has 1 aromatic carbocycles. The van der Waals surface area contributed by atoms with Crippen molar-refractivity contribution < 1.29 is 68.0 Å². The molecule has 3 aliphatic rings. The molecule has 0 spiro atoms. The Balaban J connectivity index is 1.44. The van der Waals surface area contributed by atoms with Gasteiger partial charge in [-0.1, -0.05) is 52.0 Å². The van der Waals surface area contributed by atoms with Crippen LogP contribution in [0.25, 0.3) is 0 Å². The third-order valence-electron chi connectivity index (χ3n) is 15.7. The summed E-state index contributed by atoms with van der Waals surface area (Å²) >= 11 is 0. The third kappa shape index (κ3) is 12.8. The summed E-state index contributed by atoms with van der Waals surface area (Å²) in [5, 5.41) is 55.7. The number of benzene rings is 1. The molecule has 3 fully saturated rings. The molecular weight excluding hydrogens is 893 g/mol. The zero-order valence-electron chi connectivity index (χ0n) is 43.4. The van der Waals surface area contributed by atoms with Crippen LogP contribution in [0.15, 0.2) is 30.5 Å². The number of hydrogen-bond acceptors (Lipinski definition) is 17. The number of ketones is 2. The number of carbonyl (C=O) groups is 3. The minimum Gasteiger partial charge on any atom is -0.492 e. The first kappa shape index (κ1) is 56.5. The van der Waals surface area contributed by atoms with Crippen molar-refractivity contribution in [2.45, 2.75) is 193 Å². The van der Waals surface area contributed by atoms with Gasteiger partial charge in [-0.05, 0) is 85.9 Å². The Hall–Kier alpha value is -3.43. The highest BCUT2D eigenvalue weighted by molar-refractivity contribution is 5.94. The molecule has 390 valence electrons. The predicted octanol–water partition coefficient (Wildman–Crippen LogP) is 4.20. The van der Waals surface area contributed by atoms with Crippen molar-refractivity contribution in [3.8, 4) is 5.75 Å². The van der Waals surface area contributed by atoms with E-state index in [1.807, 2.05) is 34.0 Å². The van der Waals surface area contributed by atoms with E-state index < -0.39 is 107 Å². The molecule has 0 saturated carbocycles. The van der Waals surface area contributed by atoms with Gasteiger partial charge in [0, 0.05) is 69.2 Å². The van der Waals surface area contributed by atoms with Crippen LogP contribution in [0.1, 0.15) is 118 Å². The average Bonchev–Trinajstić information content (AvgIpc) is 3.77. The largest absolute Gasteiger partial charge is 0.492 e. The molecule has 3 aliphatic heterocycles. The molecule has 0 amide bonds. The second kappa shape index (κ2) is 23.4. The Kier molecular flexibility index (Phi) is 19.2. The Morgan fingerprint density at radius 3 is 2.28 bits per heavy atom. The number of carbonyl (C=O) groups excluding carboxylic acids is 3. The maximum Gasteiger partial charge on any atom is 0.309 e. The summed E-state index contributed by atoms with van der Waals surface area (Å²) in [6.45, 7) is 20.2. The lowest BCUT2D eigenvalue weighted by Crippen LogP contribution is -2.62. The molecule has 4 N–H and O–H groups in total. The summed E-state index contributed by atoms with van der Waals surface area (Å²) < 4.78 is 46.2. The molecule has 1 aromatic heterocycles. The number of ether oxygens (including phenoxy) is 7. The minimum atomic E-state index is -1.98. The molecule has 18 nitrogen and oxygen atoms in total. The van der Waals surface area contributed by atoms with Crippen molar-refractivity contribution in [2.24, 2.45) is 29.6 Å². The van der Waals surface area contributed by atoms with Gasteiger partial charge in [-0.25, -0.2) is 4.68 Å². The number of aliphatic hydroxyl groups excluding tert-OH is 3. The molecule has 18 heteroatoms. The van der Waals surface area contributed by atoms with Crippen molar-refractivity contribution in [1.82, 2.24) is 19.9 Å². The number of likely N-dealkylation sites (N-methyl/N-ethyl adjacent to an activating group) is 1. The van der Waals surface area contributed by atoms with Crippen LogP contribution in [0.3, 0.4) is 0 Å². The number of Topliss-reactive ketones (excluding diaryl/α,β-unsaturated/α-hetero) is 2. The quantitative estimate of drug-likeness (QED) is 0.145. The molecule has 18 atom stereocenters. The van der Waals surface area contributed by atoms with Gasteiger partial charge in [-0.2, -0.15) is 0 Å². The molecule has 69 heavy (non-hydrogen) atoms. The van der Waals surface area contributed by atoms with E-state index in [0.717, 1.165) is 5.69 Å². The number of methoxy groups -OCH3 is 2. The Morgan fingerprint density at radius 1 is 0.957 bits per heavy atom. The number of aliphatic hydroxyl groups is 4. The van der Waals surface area contributed by atoms with E-state index >= 15 is 0 Å². The second-order valence-electron chi connectivity index (χ2n) is 20.9. The summed E-state index contributed by atoms with van der Waals surface area (Å²) in [6, 6.07) is 6.61. The summed E-state index contributed by atoms with van der Waals surface area (Å²) in [7, 11) is 4.98. The zero-order chi connectivity index (χ0) is 51.3. The maximum atomic E-state index is 14.6. The Labute approximate surface area is 408 Å². The smallest absolute Gasteiger partial charge is 0.309 e. The zero-order valence-corrected chi connectivity index (χ0v) is 43.4. The first-order valence-electron chi connectivity index (χ1n) is 24.7. The summed E-state index contributed by atoms with van der Waals surface area (Å²) in [5.41, 5.74) is -3.00. The first-order valence-corrected chi connectivity index (χ1v) is 24.7. The van der Waals surface area contributed by atoms with Gasteiger partial charge in [0.2, 0.25) is 0 Å². The Bertz CT molecular complexity index is 2020. The number of aromatic nitrogens is 3. The standard InChI is InChI=1S/C51H82N4O14/c1-15-40-51(11,62)44(59)32(6)42(57)28(2)25-50(10,64-14)46(30(4)41(31(5)47(61)68-40)39-26-49(9,63-13)45(60)34(8)67-39)69-48-43(58)38(23-29(3)66-48)54(12)20-19-36-27-55(53-52-36)21-22-65-37-18-16-17-35(24-37)33(7)56/h16-18,24,27-32,34,38-41,43-46,48,58-60,62H,15,19-23,25-26H2,1-14H3/t28-,29-,30+,31-,32+,34+,38+,39?,40-,41+,43-,44-,45+,46-,48+,49-,50-,51-/m1/s1. The van der Waals surface area contributed by atoms with Gasteiger partial charge in [0.05, 0.1) is 59.9 Å². The molecular formula is C51H82N4O14. The molecule has 1 unspecified atom stereocenters. The van der Waals surface area contributed by atoms with E-state index in [4.69, 9.17) is 33.2 Å². The van der Waals surface area contributed by atoms with Gasteiger partial charge in [-0.3, -0.25) is 14.4 Å². The normalized spacial score (nSPS) is 39.7. The van der Waals surface area contributed by atoms with Crippen LogP contribution in [0.5, 0.6) is 5.75 Å². The van der Waals surface area contributed by atoms with Crippen molar-refractivity contribution >= 4 is 17.5 Å². The van der Waals surface area contributed by atoms with E-state index in [-0.39, 0.29) is 36.9 Å². The maximum absolute atomic E-state index is 14.6. The number of esters is 1. The molecule has 0 aliphatic carbocycles. The SMILES string of the molecule is CC[C@H]1OC(=O)[C@H](C)[C@@H](C2C[C@@](C)(OC)[C@@H](O)[C@H](C)O2)[C@H](C)[C@@H](O[C@@H]2O[C@H](C)C[C@H](N(C)CCc3cn(CCOc4cccc(C(C)=O)c4)nn3)[C@H]2O)[C@](C)(OC)C[C@@H](C)C(=O)[C@H](C)[C@@H](O)[C@]1(C)O.